The van der Waals surface area contributed by atoms with Crippen molar-refractivity contribution in [2.45, 2.75) is 39.0 Å². The average molecular weight is 268 g/mol. The summed E-state index contributed by atoms with van der Waals surface area (Å²) in [4.78, 5) is 0. The van der Waals surface area contributed by atoms with Crippen LogP contribution in [0.3, 0.4) is 0 Å². The fraction of sp³-hybridized carbons (Fsp3) is 0.368. The molecule has 1 aliphatic rings. The van der Waals surface area contributed by atoms with E-state index in [1.165, 1.54) is 35.1 Å². The van der Waals surface area contributed by atoms with Gasteiger partial charge in [0.1, 0.15) is 5.82 Å². The molecule has 2 unspecified atom stereocenters. The SMILES string of the molecule is Cc1ccc(C2CCC2Cc2ccc(F)cc2)cc1C. The predicted molar refractivity (Wildman–Crippen MR) is 81.5 cm³/mol. The highest BCUT2D eigenvalue weighted by atomic mass is 19.1. The van der Waals surface area contributed by atoms with Gasteiger partial charge in [0, 0.05) is 0 Å². The van der Waals surface area contributed by atoms with Crippen molar-refractivity contribution in [2.75, 3.05) is 0 Å². The Morgan fingerprint density at radius 1 is 0.950 bits per heavy atom. The third-order valence-electron chi connectivity index (χ3n) is 4.79. The summed E-state index contributed by atoms with van der Waals surface area (Å²) in [5.41, 5.74) is 5.48. The lowest BCUT2D eigenvalue weighted by molar-refractivity contribution is 0.253. The quantitative estimate of drug-likeness (QED) is 0.719. The largest absolute Gasteiger partial charge is 0.207 e. The number of aryl methyl sites for hydroxylation is 2. The first-order valence-corrected chi connectivity index (χ1v) is 7.45. The summed E-state index contributed by atoms with van der Waals surface area (Å²) in [5, 5.41) is 0. The Bertz CT molecular complexity index is 598. The predicted octanol–water partition coefficient (Wildman–Crippen LogP) is 5.18. The number of rotatable bonds is 3. The van der Waals surface area contributed by atoms with Gasteiger partial charge in [-0.15, -0.1) is 0 Å². The van der Waals surface area contributed by atoms with Gasteiger partial charge in [-0.1, -0.05) is 30.3 Å². The number of hydrogen-bond acceptors (Lipinski definition) is 0. The van der Waals surface area contributed by atoms with Crippen molar-refractivity contribution in [3.63, 3.8) is 0 Å². The van der Waals surface area contributed by atoms with E-state index in [-0.39, 0.29) is 5.82 Å². The van der Waals surface area contributed by atoms with Crippen LogP contribution in [0.4, 0.5) is 4.39 Å². The van der Waals surface area contributed by atoms with Crippen LogP contribution in [0.2, 0.25) is 0 Å². The van der Waals surface area contributed by atoms with Gasteiger partial charge in [0.25, 0.3) is 0 Å². The highest BCUT2D eigenvalue weighted by Gasteiger charge is 2.32. The van der Waals surface area contributed by atoms with E-state index in [4.69, 9.17) is 0 Å². The molecular weight excluding hydrogens is 247 g/mol. The Hall–Kier alpha value is -1.63. The molecule has 2 atom stereocenters. The van der Waals surface area contributed by atoms with Gasteiger partial charge < -0.3 is 0 Å². The van der Waals surface area contributed by atoms with Gasteiger partial charge in [-0.25, -0.2) is 4.39 Å². The minimum Gasteiger partial charge on any atom is -0.207 e. The summed E-state index contributed by atoms with van der Waals surface area (Å²) >= 11 is 0. The van der Waals surface area contributed by atoms with Crippen LogP contribution in [0.1, 0.15) is 41.0 Å². The van der Waals surface area contributed by atoms with Crippen molar-refractivity contribution >= 4 is 0 Å². The fourth-order valence-electron chi connectivity index (χ4n) is 3.17. The smallest absolute Gasteiger partial charge is 0.123 e. The highest BCUT2D eigenvalue weighted by Crippen LogP contribution is 2.44. The lowest BCUT2D eigenvalue weighted by atomic mass is 9.67. The van der Waals surface area contributed by atoms with Gasteiger partial charge in [0.05, 0.1) is 0 Å². The Kier molecular flexibility index (Phi) is 3.60. The summed E-state index contributed by atoms with van der Waals surface area (Å²) in [7, 11) is 0. The van der Waals surface area contributed by atoms with Crippen molar-refractivity contribution in [1.82, 2.24) is 0 Å². The number of halogens is 1. The summed E-state index contributed by atoms with van der Waals surface area (Å²) in [5.74, 6) is 1.25. The molecule has 0 aromatic heterocycles. The van der Waals surface area contributed by atoms with Crippen LogP contribution in [0.5, 0.6) is 0 Å². The minimum absolute atomic E-state index is 0.145. The monoisotopic (exact) mass is 268 g/mol. The van der Waals surface area contributed by atoms with E-state index in [1.807, 2.05) is 12.1 Å². The van der Waals surface area contributed by atoms with Crippen LogP contribution in [0, 0.1) is 25.6 Å². The molecule has 0 radical (unpaired) electrons. The summed E-state index contributed by atoms with van der Waals surface area (Å²) in [6.45, 7) is 4.35. The molecule has 0 aliphatic heterocycles. The zero-order valence-corrected chi connectivity index (χ0v) is 12.2. The molecule has 0 bridgehead atoms. The number of benzene rings is 2. The second-order valence-electron chi connectivity index (χ2n) is 6.12. The number of hydrogen-bond donors (Lipinski definition) is 0. The molecule has 1 aliphatic carbocycles. The van der Waals surface area contributed by atoms with E-state index >= 15 is 0 Å². The standard InChI is InChI=1S/C19H21F/c1-13-3-6-16(11-14(13)2)19-10-7-17(19)12-15-4-8-18(20)9-5-15/h3-6,8-9,11,17,19H,7,10,12H2,1-2H3. The Balaban J connectivity index is 1.72. The highest BCUT2D eigenvalue weighted by molar-refractivity contribution is 5.33. The maximum Gasteiger partial charge on any atom is 0.123 e. The van der Waals surface area contributed by atoms with E-state index in [9.17, 15) is 4.39 Å². The van der Waals surface area contributed by atoms with Crippen molar-refractivity contribution in [1.29, 1.82) is 0 Å². The summed E-state index contributed by atoms with van der Waals surface area (Å²) in [6, 6.07) is 13.8. The molecule has 0 saturated heterocycles. The van der Waals surface area contributed by atoms with Crippen LogP contribution in [-0.4, -0.2) is 0 Å². The van der Waals surface area contributed by atoms with E-state index in [0.717, 1.165) is 6.42 Å². The molecule has 3 rings (SSSR count). The topological polar surface area (TPSA) is 0 Å². The molecule has 1 fully saturated rings. The van der Waals surface area contributed by atoms with Gasteiger partial charge in [-0.3, -0.25) is 0 Å². The average Bonchev–Trinajstić information content (AvgIpc) is 2.41. The Labute approximate surface area is 120 Å². The molecule has 0 nitrogen and oxygen atoms in total. The van der Waals surface area contributed by atoms with Crippen LogP contribution < -0.4 is 0 Å². The van der Waals surface area contributed by atoms with Gasteiger partial charge >= 0.3 is 0 Å². The van der Waals surface area contributed by atoms with Crippen molar-refractivity contribution in [3.05, 3.63) is 70.5 Å². The van der Waals surface area contributed by atoms with Crippen LogP contribution in [0.15, 0.2) is 42.5 Å². The van der Waals surface area contributed by atoms with E-state index in [0.29, 0.717) is 11.8 Å². The third-order valence-corrected chi connectivity index (χ3v) is 4.79. The maximum atomic E-state index is 12.9. The van der Waals surface area contributed by atoms with E-state index in [1.54, 1.807) is 12.1 Å². The molecule has 1 saturated carbocycles. The molecule has 0 spiro atoms. The molecular formula is C19H21F. The van der Waals surface area contributed by atoms with Crippen LogP contribution >= 0.6 is 0 Å². The molecule has 0 heterocycles. The summed E-state index contributed by atoms with van der Waals surface area (Å²) in [6.07, 6.45) is 3.64. The Morgan fingerprint density at radius 2 is 1.70 bits per heavy atom. The van der Waals surface area contributed by atoms with Crippen LogP contribution in [0.25, 0.3) is 0 Å². The zero-order chi connectivity index (χ0) is 14.1. The first-order valence-electron chi connectivity index (χ1n) is 7.45. The van der Waals surface area contributed by atoms with E-state index in [2.05, 4.69) is 32.0 Å². The van der Waals surface area contributed by atoms with Crippen LogP contribution in [-0.2, 0) is 6.42 Å². The minimum atomic E-state index is -0.145. The molecule has 1 heteroatoms. The van der Waals surface area contributed by atoms with Gasteiger partial charge in [-0.2, -0.15) is 0 Å². The van der Waals surface area contributed by atoms with Gasteiger partial charge in [0.2, 0.25) is 0 Å². The molecule has 0 amide bonds. The maximum absolute atomic E-state index is 12.9. The van der Waals surface area contributed by atoms with Crippen molar-refractivity contribution in [2.24, 2.45) is 5.92 Å². The Morgan fingerprint density at radius 3 is 2.30 bits per heavy atom. The van der Waals surface area contributed by atoms with Crippen molar-refractivity contribution in [3.8, 4) is 0 Å². The summed E-state index contributed by atoms with van der Waals surface area (Å²) < 4.78 is 12.9. The van der Waals surface area contributed by atoms with Gasteiger partial charge in [0.15, 0.2) is 0 Å². The lowest BCUT2D eigenvalue weighted by Gasteiger charge is -2.37. The molecule has 2 aromatic carbocycles. The molecule has 104 valence electrons. The normalized spacial score (nSPS) is 21.6. The molecule has 0 N–H and O–H groups in total. The zero-order valence-electron chi connectivity index (χ0n) is 12.2. The van der Waals surface area contributed by atoms with Crippen molar-refractivity contribution < 1.29 is 4.39 Å². The second kappa shape index (κ2) is 5.40. The molecule has 20 heavy (non-hydrogen) atoms. The first kappa shape index (κ1) is 13.4. The lowest BCUT2D eigenvalue weighted by Crippen LogP contribution is -2.25. The second-order valence-corrected chi connectivity index (χ2v) is 6.12. The van der Waals surface area contributed by atoms with Gasteiger partial charge in [-0.05, 0) is 79.3 Å². The third kappa shape index (κ3) is 2.63. The molecule has 2 aromatic rings. The first-order chi connectivity index (χ1) is 9.63. The fourth-order valence-corrected chi connectivity index (χ4v) is 3.17. The van der Waals surface area contributed by atoms with E-state index < -0.39 is 0 Å².